The molecule has 4 nitrogen and oxygen atoms in total. The van der Waals surface area contributed by atoms with E-state index < -0.39 is 5.97 Å². The molecule has 0 saturated heterocycles. The molecule has 1 aromatic rings. The van der Waals surface area contributed by atoms with Gasteiger partial charge in [0.15, 0.2) is 0 Å². The molecule has 0 unspecified atom stereocenters. The minimum Gasteiger partial charge on any atom is -0.478 e. The predicted octanol–water partition coefficient (Wildman–Crippen LogP) is 3.95. The minimum absolute atomic E-state index is 0.180. The number of anilines is 1. The van der Waals surface area contributed by atoms with E-state index in [0.29, 0.717) is 11.5 Å². The SMILES string of the molecule is CC(C)CN(c1cc(C(=O)O)cc(C(C)(C)C)n1)C(C)C. The second kappa shape index (κ2) is 6.46. The monoisotopic (exact) mass is 292 g/mol. The second-order valence-corrected chi connectivity index (χ2v) is 7.29. The maximum absolute atomic E-state index is 11.4. The lowest BCUT2D eigenvalue weighted by molar-refractivity contribution is 0.0696. The third kappa shape index (κ3) is 4.73. The molecule has 1 rings (SSSR count). The first kappa shape index (κ1) is 17.5. The molecule has 0 spiro atoms. The molecule has 0 amide bonds. The Balaban J connectivity index is 3.38. The summed E-state index contributed by atoms with van der Waals surface area (Å²) in [4.78, 5) is 18.3. The van der Waals surface area contributed by atoms with Crippen molar-refractivity contribution in [2.45, 2.75) is 59.9 Å². The van der Waals surface area contributed by atoms with Crippen LogP contribution >= 0.6 is 0 Å². The Morgan fingerprint density at radius 2 is 1.81 bits per heavy atom. The van der Waals surface area contributed by atoms with Crippen LogP contribution in [0.5, 0.6) is 0 Å². The number of aromatic nitrogens is 1. The van der Waals surface area contributed by atoms with Crippen LogP contribution in [0.3, 0.4) is 0 Å². The minimum atomic E-state index is -0.905. The summed E-state index contributed by atoms with van der Waals surface area (Å²) in [6, 6.07) is 3.64. The number of carbonyl (C=O) groups is 1. The highest BCUT2D eigenvalue weighted by Gasteiger charge is 2.22. The van der Waals surface area contributed by atoms with Crippen molar-refractivity contribution < 1.29 is 9.90 Å². The van der Waals surface area contributed by atoms with Crippen molar-refractivity contribution >= 4 is 11.8 Å². The summed E-state index contributed by atoms with van der Waals surface area (Å²) < 4.78 is 0. The van der Waals surface area contributed by atoms with Gasteiger partial charge in [0.25, 0.3) is 0 Å². The molecule has 1 aromatic heterocycles. The molecule has 0 bridgehead atoms. The van der Waals surface area contributed by atoms with Crippen LogP contribution < -0.4 is 4.90 Å². The first-order chi connectivity index (χ1) is 9.52. The summed E-state index contributed by atoms with van der Waals surface area (Å²) in [5, 5.41) is 9.36. The van der Waals surface area contributed by atoms with Gasteiger partial charge >= 0.3 is 5.97 Å². The van der Waals surface area contributed by atoms with Gasteiger partial charge in [0.2, 0.25) is 0 Å². The van der Waals surface area contributed by atoms with Gasteiger partial charge in [0, 0.05) is 23.7 Å². The van der Waals surface area contributed by atoms with Crippen LogP contribution in [0, 0.1) is 5.92 Å². The molecule has 118 valence electrons. The Morgan fingerprint density at radius 3 is 2.19 bits per heavy atom. The standard InChI is InChI=1S/C17H28N2O2/c1-11(2)10-19(12(3)4)15-9-13(16(20)21)8-14(18-15)17(5,6)7/h8-9,11-12H,10H2,1-7H3,(H,20,21). The maximum atomic E-state index is 11.4. The largest absolute Gasteiger partial charge is 0.478 e. The fourth-order valence-electron chi connectivity index (χ4n) is 2.13. The van der Waals surface area contributed by atoms with E-state index in [4.69, 9.17) is 4.98 Å². The Morgan fingerprint density at radius 1 is 1.24 bits per heavy atom. The quantitative estimate of drug-likeness (QED) is 0.893. The van der Waals surface area contributed by atoms with Gasteiger partial charge in [-0.2, -0.15) is 0 Å². The van der Waals surface area contributed by atoms with Crippen LogP contribution in [-0.2, 0) is 5.41 Å². The average molecular weight is 292 g/mol. The number of carboxylic acid groups (broad SMARTS) is 1. The number of rotatable bonds is 5. The van der Waals surface area contributed by atoms with Crippen LogP contribution in [0.2, 0.25) is 0 Å². The third-order valence-corrected chi connectivity index (χ3v) is 3.31. The Hall–Kier alpha value is -1.58. The first-order valence-corrected chi connectivity index (χ1v) is 7.55. The Kier molecular flexibility index (Phi) is 5.37. The number of carboxylic acids is 1. The van der Waals surface area contributed by atoms with E-state index in [2.05, 4.69) is 32.6 Å². The summed E-state index contributed by atoms with van der Waals surface area (Å²) in [6.07, 6.45) is 0. The van der Waals surface area contributed by atoms with E-state index in [1.54, 1.807) is 12.1 Å². The fraction of sp³-hybridized carbons (Fsp3) is 0.647. The molecule has 1 N–H and O–H groups in total. The molecule has 0 aliphatic rings. The van der Waals surface area contributed by atoms with Gasteiger partial charge in [-0.15, -0.1) is 0 Å². The lowest BCUT2D eigenvalue weighted by atomic mass is 9.90. The Labute approximate surface area is 128 Å². The van der Waals surface area contributed by atoms with Gasteiger partial charge in [-0.3, -0.25) is 0 Å². The number of pyridine rings is 1. The van der Waals surface area contributed by atoms with Gasteiger partial charge in [0.1, 0.15) is 5.82 Å². The number of nitrogens with zero attached hydrogens (tertiary/aromatic N) is 2. The molecule has 1 heterocycles. The van der Waals surface area contributed by atoms with Crippen LogP contribution in [0.1, 0.15) is 64.5 Å². The molecule has 0 radical (unpaired) electrons. The molecule has 4 heteroatoms. The van der Waals surface area contributed by atoms with E-state index in [1.165, 1.54) is 0 Å². The summed E-state index contributed by atoms with van der Waals surface area (Å²) in [7, 11) is 0. The van der Waals surface area contributed by atoms with Crippen molar-refractivity contribution in [3.05, 3.63) is 23.4 Å². The summed E-state index contributed by atoms with van der Waals surface area (Å²) in [5.74, 6) is 0.335. The van der Waals surface area contributed by atoms with Crippen molar-refractivity contribution in [2.75, 3.05) is 11.4 Å². The van der Waals surface area contributed by atoms with Crippen LogP contribution in [0.25, 0.3) is 0 Å². The van der Waals surface area contributed by atoms with E-state index >= 15 is 0 Å². The fourth-order valence-corrected chi connectivity index (χ4v) is 2.13. The van der Waals surface area contributed by atoms with Gasteiger partial charge in [0.05, 0.1) is 5.56 Å². The van der Waals surface area contributed by atoms with Crippen LogP contribution in [-0.4, -0.2) is 28.6 Å². The smallest absolute Gasteiger partial charge is 0.335 e. The van der Waals surface area contributed by atoms with E-state index in [9.17, 15) is 9.90 Å². The molecular formula is C17H28N2O2. The molecule has 0 aliphatic heterocycles. The lowest BCUT2D eigenvalue weighted by Gasteiger charge is -2.31. The van der Waals surface area contributed by atoms with Crippen molar-refractivity contribution in [3.63, 3.8) is 0 Å². The zero-order valence-corrected chi connectivity index (χ0v) is 14.3. The maximum Gasteiger partial charge on any atom is 0.335 e. The average Bonchev–Trinajstić information content (AvgIpc) is 2.33. The lowest BCUT2D eigenvalue weighted by Crippen LogP contribution is -2.35. The van der Waals surface area contributed by atoms with E-state index in [1.807, 2.05) is 20.8 Å². The van der Waals surface area contributed by atoms with Crippen molar-refractivity contribution in [1.82, 2.24) is 4.98 Å². The van der Waals surface area contributed by atoms with Crippen molar-refractivity contribution in [1.29, 1.82) is 0 Å². The molecular weight excluding hydrogens is 264 g/mol. The number of hydrogen-bond donors (Lipinski definition) is 1. The van der Waals surface area contributed by atoms with Gasteiger partial charge < -0.3 is 10.0 Å². The highest BCUT2D eigenvalue weighted by atomic mass is 16.4. The van der Waals surface area contributed by atoms with Gasteiger partial charge in [-0.1, -0.05) is 34.6 Å². The highest BCUT2D eigenvalue weighted by Crippen LogP contribution is 2.26. The van der Waals surface area contributed by atoms with E-state index in [-0.39, 0.29) is 11.5 Å². The zero-order valence-electron chi connectivity index (χ0n) is 14.3. The van der Waals surface area contributed by atoms with E-state index in [0.717, 1.165) is 18.1 Å². The summed E-state index contributed by atoms with van der Waals surface area (Å²) in [6.45, 7) is 15.5. The molecule has 0 aliphatic carbocycles. The summed E-state index contributed by atoms with van der Waals surface area (Å²) in [5.41, 5.74) is 0.937. The molecule has 21 heavy (non-hydrogen) atoms. The molecule has 0 aromatic carbocycles. The number of aromatic carboxylic acids is 1. The van der Waals surface area contributed by atoms with Crippen LogP contribution in [0.15, 0.2) is 12.1 Å². The van der Waals surface area contributed by atoms with Crippen molar-refractivity contribution in [2.24, 2.45) is 5.92 Å². The molecule has 0 fully saturated rings. The van der Waals surface area contributed by atoms with Crippen LogP contribution in [0.4, 0.5) is 5.82 Å². The molecule has 0 saturated carbocycles. The first-order valence-electron chi connectivity index (χ1n) is 7.55. The molecule has 0 atom stereocenters. The predicted molar refractivity (Wildman–Crippen MR) is 87.2 cm³/mol. The van der Waals surface area contributed by atoms with Gasteiger partial charge in [-0.05, 0) is 31.9 Å². The second-order valence-electron chi connectivity index (χ2n) is 7.29. The normalized spacial score (nSPS) is 12.0. The summed E-state index contributed by atoms with van der Waals surface area (Å²) >= 11 is 0. The Bertz CT molecular complexity index is 502. The highest BCUT2D eigenvalue weighted by molar-refractivity contribution is 5.88. The number of hydrogen-bond acceptors (Lipinski definition) is 3. The van der Waals surface area contributed by atoms with Crippen molar-refractivity contribution in [3.8, 4) is 0 Å². The van der Waals surface area contributed by atoms with Gasteiger partial charge in [-0.25, -0.2) is 9.78 Å². The topological polar surface area (TPSA) is 53.4 Å². The zero-order chi connectivity index (χ0) is 16.4. The third-order valence-electron chi connectivity index (χ3n) is 3.31.